The maximum Gasteiger partial charge on any atom is 0.315 e. The molecule has 1 aromatic carbocycles. The molecule has 0 bridgehead atoms. The Hall–Kier alpha value is -1.79. The molecule has 1 aromatic rings. The summed E-state index contributed by atoms with van der Waals surface area (Å²) in [5.74, 6) is 0.0154. The lowest BCUT2D eigenvalue weighted by molar-refractivity contribution is -0.117. The van der Waals surface area contributed by atoms with E-state index in [0.717, 1.165) is 18.7 Å². The van der Waals surface area contributed by atoms with Crippen LogP contribution in [0.2, 0.25) is 5.02 Å². The average Bonchev–Trinajstić information content (AvgIpc) is 3.22. The van der Waals surface area contributed by atoms with E-state index in [-0.39, 0.29) is 18.0 Å². The van der Waals surface area contributed by atoms with Crippen LogP contribution in [0.25, 0.3) is 0 Å². The first kappa shape index (κ1) is 18.0. The molecule has 0 radical (unpaired) electrons. The minimum atomic E-state index is -0.197. The van der Waals surface area contributed by atoms with Crippen molar-refractivity contribution in [2.75, 3.05) is 37.6 Å². The molecule has 25 heavy (non-hydrogen) atoms. The fourth-order valence-corrected chi connectivity index (χ4v) is 3.55. The number of anilines is 1. The largest absolute Gasteiger partial charge is 0.338 e. The summed E-state index contributed by atoms with van der Waals surface area (Å²) < 4.78 is 0. The molecule has 0 aliphatic carbocycles. The van der Waals surface area contributed by atoms with Crippen LogP contribution in [0.4, 0.5) is 10.5 Å². The van der Waals surface area contributed by atoms with E-state index in [2.05, 4.69) is 15.5 Å². The third-order valence-electron chi connectivity index (χ3n) is 4.73. The molecule has 2 aliphatic heterocycles. The van der Waals surface area contributed by atoms with Gasteiger partial charge in [0.15, 0.2) is 0 Å². The second-order valence-corrected chi connectivity index (χ2v) is 7.12. The fraction of sp³-hybridized carbons (Fsp3) is 0.556. The minimum absolute atomic E-state index is 0.0154. The van der Waals surface area contributed by atoms with E-state index < -0.39 is 0 Å². The summed E-state index contributed by atoms with van der Waals surface area (Å²) in [5, 5.41) is 6.42. The predicted octanol–water partition coefficient (Wildman–Crippen LogP) is 2.23. The topological polar surface area (TPSA) is 64.7 Å². The summed E-state index contributed by atoms with van der Waals surface area (Å²) in [7, 11) is 0. The van der Waals surface area contributed by atoms with Gasteiger partial charge in [-0.3, -0.25) is 4.79 Å². The molecule has 1 atom stereocenters. The second kappa shape index (κ2) is 8.54. The third-order valence-corrected chi connectivity index (χ3v) is 4.99. The van der Waals surface area contributed by atoms with Gasteiger partial charge in [0.05, 0.1) is 6.04 Å². The molecule has 3 amide bonds. The van der Waals surface area contributed by atoms with Gasteiger partial charge in [0, 0.05) is 30.2 Å². The van der Waals surface area contributed by atoms with Crippen molar-refractivity contribution in [3.05, 3.63) is 29.3 Å². The van der Waals surface area contributed by atoms with Gasteiger partial charge < -0.3 is 20.4 Å². The average molecular weight is 365 g/mol. The van der Waals surface area contributed by atoms with Crippen molar-refractivity contribution in [3.8, 4) is 0 Å². The summed E-state index contributed by atoms with van der Waals surface area (Å²) >= 11 is 5.88. The number of nitrogens with zero attached hydrogens (tertiary/aromatic N) is 2. The number of hydrogen-bond acceptors (Lipinski definition) is 3. The van der Waals surface area contributed by atoms with Crippen LogP contribution in [0.5, 0.6) is 0 Å². The van der Waals surface area contributed by atoms with Crippen molar-refractivity contribution in [2.45, 2.75) is 31.7 Å². The van der Waals surface area contributed by atoms with Gasteiger partial charge in [0.2, 0.25) is 5.91 Å². The molecule has 6 nitrogen and oxygen atoms in total. The Morgan fingerprint density at radius 1 is 1.20 bits per heavy atom. The van der Waals surface area contributed by atoms with Gasteiger partial charge in [-0.1, -0.05) is 11.6 Å². The number of carbonyl (C=O) groups is 2. The van der Waals surface area contributed by atoms with E-state index in [4.69, 9.17) is 11.6 Å². The summed E-state index contributed by atoms with van der Waals surface area (Å²) in [6, 6.07) is 6.80. The van der Waals surface area contributed by atoms with E-state index in [1.165, 1.54) is 25.9 Å². The molecule has 2 N–H and O–H groups in total. The van der Waals surface area contributed by atoms with Gasteiger partial charge in [0.25, 0.3) is 0 Å². The van der Waals surface area contributed by atoms with E-state index in [9.17, 15) is 9.59 Å². The Labute approximate surface area is 153 Å². The molecule has 136 valence electrons. The van der Waals surface area contributed by atoms with Crippen molar-refractivity contribution in [2.24, 2.45) is 0 Å². The summed E-state index contributed by atoms with van der Waals surface area (Å²) in [5.41, 5.74) is 0.810. The van der Waals surface area contributed by atoms with Gasteiger partial charge in [-0.25, -0.2) is 4.79 Å². The first-order valence-corrected chi connectivity index (χ1v) is 9.32. The molecule has 7 heteroatoms. The summed E-state index contributed by atoms with van der Waals surface area (Å²) in [4.78, 5) is 28.3. The van der Waals surface area contributed by atoms with Gasteiger partial charge in [-0.2, -0.15) is 0 Å². The zero-order valence-corrected chi connectivity index (χ0v) is 15.1. The van der Waals surface area contributed by atoms with Crippen LogP contribution in [-0.2, 0) is 4.79 Å². The van der Waals surface area contributed by atoms with Crippen molar-refractivity contribution >= 4 is 29.2 Å². The number of likely N-dealkylation sites (tertiary alicyclic amines) is 1. The molecule has 2 heterocycles. The van der Waals surface area contributed by atoms with E-state index >= 15 is 0 Å². The van der Waals surface area contributed by atoms with Crippen LogP contribution in [0, 0.1) is 0 Å². The number of urea groups is 1. The van der Waals surface area contributed by atoms with Crippen LogP contribution in [0.1, 0.15) is 25.7 Å². The monoisotopic (exact) mass is 364 g/mol. The highest BCUT2D eigenvalue weighted by atomic mass is 35.5. The zero-order valence-electron chi connectivity index (χ0n) is 14.3. The number of benzene rings is 1. The number of nitrogens with one attached hydrogen (secondary N) is 2. The molecule has 2 aliphatic rings. The zero-order chi connectivity index (χ0) is 17.6. The molecule has 0 unspecified atom stereocenters. The molecule has 2 fully saturated rings. The molecule has 0 aromatic heterocycles. The number of halogens is 1. The smallest absolute Gasteiger partial charge is 0.315 e. The Morgan fingerprint density at radius 2 is 1.92 bits per heavy atom. The van der Waals surface area contributed by atoms with Crippen LogP contribution >= 0.6 is 11.6 Å². The van der Waals surface area contributed by atoms with Crippen molar-refractivity contribution in [3.63, 3.8) is 0 Å². The number of rotatable bonds is 6. The Morgan fingerprint density at radius 3 is 2.64 bits per heavy atom. The lowest BCUT2D eigenvalue weighted by atomic mass is 10.2. The SMILES string of the molecule is O=C(NCCCN1CCCC1)N[C@@H]1CC(=O)N(c2ccc(Cl)cc2)C1. The number of carbonyl (C=O) groups excluding carboxylic acids is 2. The van der Waals surface area contributed by atoms with Crippen molar-refractivity contribution in [1.29, 1.82) is 0 Å². The van der Waals surface area contributed by atoms with Gasteiger partial charge in [-0.15, -0.1) is 0 Å². The predicted molar refractivity (Wildman–Crippen MR) is 99.0 cm³/mol. The highest BCUT2D eigenvalue weighted by Gasteiger charge is 2.31. The van der Waals surface area contributed by atoms with Crippen LogP contribution < -0.4 is 15.5 Å². The highest BCUT2D eigenvalue weighted by Crippen LogP contribution is 2.23. The Bertz CT molecular complexity index is 602. The van der Waals surface area contributed by atoms with E-state index in [1.54, 1.807) is 17.0 Å². The molecule has 0 saturated carbocycles. The fourth-order valence-electron chi connectivity index (χ4n) is 3.42. The molecular formula is C18H25ClN4O2. The number of hydrogen-bond donors (Lipinski definition) is 2. The molecule has 0 spiro atoms. The third kappa shape index (κ3) is 5.09. The Kier molecular flexibility index (Phi) is 6.15. The quantitative estimate of drug-likeness (QED) is 0.761. The summed E-state index contributed by atoms with van der Waals surface area (Å²) in [6.07, 6.45) is 3.85. The standard InChI is InChI=1S/C18H25ClN4O2/c19-14-4-6-16(7-5-14)23-13-15(12-17(23)24)21-18(25)20-8-3-11-22-9-1-2-10-22/h4-7,15H,1-3,8-13H2,(H2,20,21,25)/t15-/m1/s1. The first-order valence-electron chi connectivity index (χ1n) is 8.94. The van der Waals surface area contributed by atoms with E-state index in [1.807, 2.05) is 12.1 Å². The lowest BCUT2D eigenvalue weighted by Gasteiger charge is -2.18. The maximum atomic E-state index is 12.2. The van der Waals surface area contributed by atoms with Crippen LogP contribution in [0.3, 0.4) is 0 Å². The van der Waals surface area contributed by atoms with Gasteiger partial charge >= 0.3 is 6.03 Å². The van der Waals surface area contributed by atoms with Crippen molar-refractivity contribution < 1.29 is 9.59 Å². The molecule has 2 saturated heterocycles. The number of amides is 3. The molecular weight excluding hydrogens is 340 g/mol. The van der Waals surface area contributed by atoms with Crippen LogP contribution in [-0.4, -0.2) is 55.6 Å². The van der Waals surface area contributed by atoms with E-state index in [0.29, 0.717) is 24.5 Å². The second-order valence-electron chi connectivity index (χ2n) is 6.68. The van der Waals surface area contributed by atoms with Gasteiger partial charge in [-0.05, 0) is 63.2 Å². The summed E-state index contributed by atoms with van der Waals surface area (Å²) in [6.45, 7) is 4.53. The first-order chi connectivity index (χ1) is 12.1. The normalized spacial score (nSPS) is 20.9. The lowest BCUT2D eigenvalue weighted by Crippen LogP contribution is -2.44. The Balaban J connectivity index is 1.38. The maximum absolute atomic E-state index is 12.2. The highest BCUT2D eigenvalue weighted by molar-refractivity contribution is 6.30. The van der Waals surface area contributed by atoms with Crippen LogP contribution in [0.15, 0.2) is 24.3 Å². The molecule has 3 rings (SSSR count). The minimum Gasteiger partial charge on any atom is -0.338 e. The van der Waals surface area contributed by atoms with Gasteiger partial charge in [0.1, 0.15) is 0 Å². The van der Waals surface area contributed by atoms with Crippen molar-refractivity contribution in [1.82, 2.24) is 15.5 Å².